The molecule has 0 fully saturated rings. The fourth-order valence-corrected chi connectivity index (χ4v) is 1.58. The lowest BCUT2D eigenvalue weighted by molar-refractivity contribution is -0.115. The van der Waals surface area contributed by atoms with Gasteiger partial charge in [0.15, 0.2) is 11.6 Å². The molecular weight excluding hydrogens is 176 g/mol. The summed E-state index contributed by atoms with van der Waals surface area (Å²) in [6, 6.07) is 0. The number of carbonyl (C=O) groups excluding carboxylic acids is 2. The number of hydrogen-bond donors (Lipinski definition) is 0. The predicted octanol–water partition coefficient (Wildman–Crippen LogP) is 1.75. The van der Waals surface area contributed by atoms with E-state index in [1.165, 1.54) is 12.2 Å². The Morgan fingerprint density at radius 2 is 1.64 bits per heavy atom. The van der Waals surface area contributed by atoms with E-state index in [-0.39, 0.29) is 17.5 Å². The lowest BCUT2D eigenvalue weighted by Crippen LogP contribution is -2.15. The molecule has 0 heterocycles. The summed E-state index contributed by atoms with van der Waals surface area (Å²) >= 11 is 0. The molecule has 0 unspecified atom stereocenters. The van der Waals surface area contributed by atoms with Gasteiger partial charge in [0, 0.05) is 17.1 Å². The zero-order valence-corrected chi connectivity index (χ0v) is 7.86. The number of carbonyl (C=O) groups is 2. The maximum Gasteiger partial charge on any atom is 0.183 e. The van der Waals surface area contributed by atoms with Crippen molar-refractivity contribution in [2.45, 2.75) is 6.92 Å². The molecular formula is C12H10O2. The van der Waals surface area contributed by atoms with E-state index in [0.29, 0.717) is 11.1 Å². The third kappa shape index (κ3) is 1.39. The van der Waals surface area contributed by atoms with Gasteiger partial charge in [0.05, 0.1) is 0 Å². The van der Waals surface area contributed by atoms with Crippen LogP contribution >= 0.6 is 0 Å². The molecule has 2 aliphatic carbocycles. The van der Waals surface area contributed by atoms with Crippen LogP contribution in [0.3, 0.4) is 0 Å². The van der Waals surface area contributed by atoms with E-state index in [0.717, 1.165) is 0 Å². The average molecular weight is 186 g/mol. The monoisotopic (exact) mass is 186 g/mol. The minimum absolute atomic E-state index is 0.0178. The number of allylic oxidation sites excluding steroid dienone is 8. The van der Waals surface area contributed by atoms with Crippen molar-refractivity contribution in [2.24, 2.45) is 5.92 Å². The Kier molecular flexibility index (Phi) is 2.04. The van der Waals surface area contributed by atoms with Crippen LogP contribution in [0.25, 0.3) is 0 Å². The smallest absolute Gasteiger partial charge is 0.183 e. The van der Waals surface area contributed by atoms with Gasteiger partial charge in [0.25, 0.3) is 0 Å². The van der Waals surface area contributed by atoms with E-state index in [4.69, 9.17) is 0 Å². The van der Waals surface area contributed by atoms with Gasteiger partial charge in [-0.2, -0.15) is 0 Å². The molecule has 0 saturated heterocycles. The summed E-state index contributed by atoms with van der Waals surface area (Å²) in [4.78, 5) is 22.9. The second kappa shape index (κ2) is 3.22. The van der Waals surface area contributed by atoms with E-state index in [2.05, 4.69) is 0 Å². The lowest BCUT2D eigenvalue weighted by Gasteiger charge is -2.12. The van der Waals surface area contributed by atoms with Gasteiger partial charge in [-0.1, -0.05) is 24.3 Å². The van der Waals surface area contributed by atoms with Crippen LogP contribution in [0.5, 0.6) is 0 Å². The summed E-state index contributed by atoms with van der Waals surface area (Å²) in [6.45, 7) is 1.66. The first-order valence-corrected chi connectivity index (χ1v) is 4.52. The van der Waals surface area contributed by atoms with Crippen LogP contribution < -0.4 is 0 Å². The molecule has 0 N–H and O–H groups in total. The van der Waals surface area contributed by atoms with E-state index in [1.807, 2.05) is 24.3 Å². The minimum Gasteiger partial charge on any atom is -0.290 e. The van der Waals surface area contributed by atoms with Crippen molar-refractivity contribution in [3.63, 3.8) is 0 Å². The first-order valence-electron chi connectivity index (χ1n) is 4.52. The second-order valence-corrected chi connectivity index (χ2v) is 3.45. The summed E-state index contributed by atoms with van der Waals surface area (Å²) in [5, 5.41) is 0. The van der Waals surface area contributed by atoms with Crippen LogP contribution in [0.2, 0.25) is 0 Å². The predicted molar refractivity (Wildman–Crippen MR) is 53.6 cm³/mol. The zero-order chi connectivity index (χ0) is 10.1. The molecule has 0 amide bonds. The van der Waals surface area contributed by atoms with E-state index >= 15 is 0 Å². The van der Waals surface area contributed by atoms with Crippen molar-refractivity contribution >= 4 is 11.6 Å². The van der Waals surface area contributed by atoms with Crippen LogP contribution in [0.15, 0.2) is 47.6 Å². The Morgan fingerprint density at radius 1 is 1.00 bits per heavy atom. The van der Waals surface area contributed by atoms with Gasteiger partial charge < -0.3 is 0 Å². The molecule has 0 aliphatic heterocycles. The van der Waals surface area contributed by atoms with E-state index in [1.54, 1.807) is 6.92 Å². The van der Waals surface area contributed by atoms with E-state index in [9.17, 15) is 9.59 Å². The van der Waals surface area contributed by atoms with Gasteiger partial charge in [-0.05, 0) is 19.1 Å². The van der Waals surface area contributed by atoms with Crippen LogP contribution in [-0.2, 0) is 9.59 Å². The van der Waals surface area contributed by atoms with E-state index < -0.39 is 0 Å². The molecule has 0 aromatic carbocycles. The Bertz CT molecular complexity index is 408. The Balaban J connectivity index is 2.33. The summed E-state index contributed by atoms with van der Waals surface area (Å²) in [5.41, 5.74) is 1.09. The molecule has 0 atom stereocenters. The van der Waals surface area contributed by atoms with Crippen LogP contribution in [0.4, 0.5) is 0 Å². The van der Waals surface area contributed by atoms with Crippen LogP contribution in [0.1, 0.15) is 6.92 Å². The Hall–Kier alpha value is -1.70. The third-order valence-electron chi connectivity index (χ3n) is 2.41. The summed E-state index contributed by atoms with van der Waals surface area (Å²) in [5.74, 6) is -0.132. The molecule has 0 aromatic rings. The highest BCUT2D eigenvalue weighted by atomic mass is 16.1. The Labute approximate surface area is 82.3 Å². The van der Waals surface area contributed by atoms with Crippen molar-refractivity contribution in [1.29, 1.82) is 0 Å². The molecule has 0 radical (unpaired) electrons. The molecule has 2 heteroatoms. The van der Waals surface area contributed by atoms with Crippen molar-refractivity contribution < 1.29 is 9.59 Å². The van der Waals surface area contributed by atoms with Crippen LogP contribution in [0, 0.1) is 5.92 Å². The van der Waals surface area contributed by atoms with Gasteiger partial charge in [0.2, 0.25) is 0 Å². The van der Waals surface area contributed by atoms with Gasteiger partial charge in [-0.25, -0.2) is 0 Å². The standard InChI is InChI=1S/C12H10O2/c1-8-6-12(14)10(7-11(8)13)9-4-2-3-5-9/h2-7,9H,1H3. The molecule has 0 spiro atoms. The van der Waals surface area contributed by atoms with Crippen molar-refractivity contribution in [1.82, 2.24) is 0 Å². The van der Waals surface area contributed by atoms with Gasteiger partial charge in [0.1, 0.15) is 0 Å². The summed E-state index contributed by atoms with van der Waals surface area (Å²) in [7, 11) is 0. The average Bonchev–Trinajstić information content (AvgIpc) is 2.64. The summed E-state index contributed by atoms with van der Waals surface area (Å²) < 4.78 is 0. The molecule has 0 bridgehead atoms. The third-order valence-corrected chi connectivity index (χ3v) is 2.41. The SMILES string of the molecule is CC1=CC(=O)C(C2C=CC=C2)=CC1=O. The zero-order valence-electron chi connectivity index (χ0n) is 7.86. The summed E-state index contributed by atoms with van der Waals surface area (Å²) in [6.07, 6.45) is 10.4. The van der Waals surface area contributed by atoms with Crippen molar-refractivity contribution in [3.8, 4) is 0 Å². The largest absolute Gasteiger partial charge is 0.290 e. The van der Waals surface area contributed by atoms with Gasteiger partial charge in [-0.3, -0.25) is 9.59 Å². The molecule has 2 nitrogen and oxygen atoms in total. The minimum atomic E-state index is -0.0618. The fraction of sp³-hybridized carbons (Fsp3) is 0.167. The molecule has 2 rings (SSSR count). The maximum absolute atomic E-state index is 11.6. The number of hydrogen-bond acceptors (Lipinski definition) is 2. The molecule has 2 aliphatic rings. The highest BCUT2D eigenvalue weighted by molar-refractivity contribution is 6.20. The number of rotatable bonds is 1. The molecule has 70 valence electrons. The quantitative estimate of drug-likeness (QED) is 0.585. The first kappa shape index (κ1) is 8.88. The second-order valence-electron chi connectivity index (χ2n) is 3.45. The number of ketones is 2. The van der Waals surface area contributed by atoms with Gasteiger partial charge >= 0.3 is 0 Å². The molecule has 0 saturated carbocycles. The van der Waals surface area contributed by atoms with Gasteiger partial charge in [-0.15, -0.1) is 0 Å². The molecule has 0 aromatic heterocycles. The lowest BCUT2D eigenvalue weighted by atomic mass is 9.89. The highest BCUT2D eigenvalue weighted by Gasteiger charge is 2.22. The normalized spacial score (nSPS) is 21.5. The topological polar surface area (TPSA) is 34.1 Å². The van der Waals surface area contributed by atoms with Crippen molar-refractivity contribution in [2.75, 3.05) is 0 Å². The molecule has 14 heavy (non-hydrogen) atoms. The Morgan fingerprint density at radius 3 is 2.29 bits per heavy atom. The maximum atomic E-state index is 11.6. The fourth-order valence-electron chi connectivity index (χ4n) is 1.58. The van der Waals surface area contributed by atoms with Crippen LogP contribution in [-0.4, -0.2) is 11.6 Å². The first-order chi connectivity index (χ1) is 6.68. The highest BCUT2D eigenvalue weighted by Crippen LogP contribution is 2.23. The van der Waals surface area contributed by atoms with Crippen molar-refractivity contribution in [3.05, 3.63) is 47.6 Å².